The predicted molar refractivity (Wildman–Crippen MR) is 57.4 cm³/mol. The van der Waals surface area contributed by atoms with Crippen LogP contribution in [0.4, 0.5) is 0 Å². The second-order valence-electron chi connectivity index (χ2n) is 3.53. The maximum absolute atomic E-state index is 10.3. The quantitative estimate of drug-likeness (QED) is 0.677. The summed E-state index contributed by atoms with van der Waals surface area (Å²) in [5.41, 5.74) is 2.48. The minimum Gasteiger partial charge on any atom is -0.347 e. The van der Waals surface area contributed by atoms with Crippen molar-refractivity contribution >= 4 is 17.2 Å². The SMILES string of the molecule is Cc1ccc2c(ccn2CCC=O)c1. The highest BCUT2D eigenvalue weighted by molar-refractivity contribution is 5.80. The average Bonchev–Trinajstić information content (AvgIpc) is 2.57. The molecule has 2 aromatic rings. The minimum atomic E-state index is 0.581. The van der Waals surface area contributed by atoms with Gasteiger partial charge in [0, 0.05) is 24.7 Å². The van der Waals surface area contributed by atoms with Crippen molar-refractivity contribution in [2.24, 2.45) is 0 Å². The van der Waals surface area contributed by atoms with Crippen molar-refractivity contribution in [1.29, 1.82) is 0 Å². The van der Waals surface area contributed by atoms with Crippen molar-refractivity contribution in [2.75, 3.05) is 0 Å². The van der Waals surface area contributed by atoms with Crippen LogP contribution in [0.3, 0.4) is 0 Å². The maximum atomic E-state index is 10.3. The number of hydrogen-bond acceptors (Lipinski definition) is 1. The molecular weight excluding hydrogens is 174 g/mol. The largest absolute Gasteiger partial charge is 0.347 e. The number of hydrogen-bond donors (Lipinski definition) is 0. The van der Waals surface area contributed by atoms with E-state index in [1.807, 2.05) is 6.20 Å². The van der Waals surface area contributed by atoms with Crippen LogP contribution in [-0.2, 0) is 11.3 Å². The Morgan fingerprint density at radius 1 is 1.36 bits per heavy atom. The van der Waals surface area contributed by atoms with E-state index in [9.17, 15) is 4.79 Å². The van der Waals surface area contributed by atoms with Crippen molar-refractivity contribution in [3.63, 3.8) is 0 Å². The van der Waals surface area contributed by atoms with Crippen LogP contribution in [0.15, 0.2) is 30.5 Å². The van der Waals surface area contributed by atoms with E-state index < -0.39 is 0 Å². The molecule has 0 saturated carbocycles. The zero-order valence-electron chi connectivity index (χ0n) is 8.23. The normalized spacial score (nSPS) is 10.6. The van der Waals surface area contributed by atoms with E-state index in [0.29, 0.717) is 6.42 Å². The first-order chi connectivity index (χ1) is 6.81. The molecule has 0 radical (unpaired) electrons. The molecule has 0 fully saturated rings. The molecule has 0 bridgehead atoms. The van der Waals surface area contributed by atoms with Gasteiger partial charge in [-0.1, -0.05) is 11.6 Å². The van der Waals surface area contributed by atoms with Crippen molar-refractivity contribution < 1.29 is 4.79 Å². The topological polar surface area (TPSA) is 22.0 Å². The van der Waals surface area contributed by atoms with E-state index in [2.05, 4.69) is 35.8 Å². The third-order valence-corrected chi connectivity index (χ3v) is 2.41. The van der Waals surface area contributed by atoms with Gasteiger partial charge in [0.15, 0.2) is 0 Å². The van der Waals surface area contributed by atoms with Crippen molar-refractivity contribution in [3.8, 4) is 0 Å². The lowest BCUT2D eigenvalue weighted by Crippen LogP contribution is -1.95. The summed E-state index contributed by atoms with van der Waals surface area (Å²) in [5, 5.41) is 1.25. The molecule has 2 heteroatoms. The Morgan fingerprint density at radius 2 is 2.21 bits per heavy atom. The molecule has 0 aliphatic carbocycles. The number of fused-ring (bicyclic) bond motifs is 1. The molecule has 0 amide bonds. The molecule has 2 rings (SSSR count). The summed E-state index contributed by atoms with van der Waals surface area (Å²) in [7, 11) is 0. The first-order valence-corrected chi connectivity index (χ1v) is 4.80. The smallest absolute Gasteiger partial charge is 0.121 e. The molecule has 0 atom stereocenters. The number of carbonyl (C=O) groups is 1. The molecular formula is C12H13NO. The lowest BCUT2D eigenvalue weighted by molar-refractivity contribution is -0.108. The van der Waals surface area contributed by atoms with Gasteiger partial charge in [0.05, 0.1) is 0 Å². The number of nitrogens with zero attached hydrogens (tertiary/aromatic N) is 1. The first kappa shape index (κ1) is 9.00. The molecule has 14 heavy (non-hydrogen) atoms. The molecule has 0 N–H and O–H groups in total. The lowest BCUT2D eigenvalue weighted by atomic mass is 10.2. The van der Waals surface area contributed by atoms with Gasteiger partial charge in [-0.3, -0.25) is 0 Å². The maximum Gasteiger partial charge on any atom is 0.121 e. The van der Waals surface area contributed by atoms with Crippen LogP contribution in [0.2, 0.25) is 0 Å². The molecule has 0 aliphatic heterocycles. The molecule has 0 unspecified atom stereocenters. The van der Waals surface area contributed by atoms with Gasteiger partial charge in [0.2, 0.25) is 0 Å². The molecule has 0 aliphatic rings. The Labute approximate surface area is 83.2 Å². The average molecular weight is 187 g/mol. The standard InChI is InChI=1S/C12H13NO/c1-10-3-4-12-11(9-10)5-7-13(12)6-2-8-14/h3-5,7-9H,2,6H2,1H3. The second kappa shape index (κ2) is 3.66. The zero-order chi connectivity index (χ0) is 9.97. The summed E-state index contributed by atoms with van der Waals surface area (Å²) in [6, 6.07) is 8.45. The third kappa shape index (κ3) is 1.55. The van der Waals surface area contributed by atoms with Crippen LogP contribution in [0.25, 0.3) is 10.9 Å². The van der Waals surface area contributed by atoms with Crippen LogP contribution >= 0.6 is 0 Å². The van der Waals surface area contributed by atoms with Crippen LogP contribution in [-0.4, -0.2) is 10.9 Å². The van der Waals surface area contributed by atoms with Crippen LogP contribution < -0.4 is 0 Å². The summed E-state index contributed by atoms with van der Waals surface area (Å²) in [5.74, 6) is 0. The molecule has 1 aromatic carbocycles. The Morgan fingerprint density at radius 3 is 3.00 bits per heavy atom. The summed E-state index contributed by atoms with van der Waals surface area (Å²) >= 11 is 0. The van der Waals surface area contributed by atoms with E-state index in [0.717, 1.165) is 12.8 Å². The molecule has 72 valence electrons. The van der Waals surface area contributed by atoms with Gasteiger partial charge in [-0.2, -0.15) is 0 Å². The molecule has 1 heterocycles. The van der Waals surface area contributed by atoms with Gasteiger partial charge < -0.3 is 9.36 Å². The molecule has 0 spiro atoms. The number of rotatable bonds is 3. The summed E-state index contributed by atoms with van der Waals surface area (Å²) in [4.78, 5) is 10.3. The van der Waals surface area contributed by atoms with Crippen molar-refractivity contribution in [1.82, 2.24) is 4.57 Å². The van der Waals surface area contributed by atoms with Gasteiger partial charge in [-0.25, -0.2) is 0 Å². The van der Waals surface area contributed by atoms with Gasteiger partial charge in [0.25, 0.3) is 0 Å². The fraction of sp³-hybridized carbons (Fsp3) is 0.250. The zero-order valence-corrected chi connectivity index (χ0v) is 8.23. The highest BCUT2D eigenvalue weighted by Crippen LogP contribution is 2.17. The highest BCUT2D eigenvalue weighted by atomic mass is 16.1. The van der Waals surface area contributed by atoms with Crippen LogP contribution in [0, 0.1) is 6.92 Å². The summed E-state index contributed by atoms with van der Waals surface area (Å²) in [6.45, 7) is 2.86. The van der Waals surface area contributed by atoms with Crippen molar-refractivity contribution in [2.45, 2.75) is 19.9 Å². The number of aromatic nitrogens is 1. The van der Waals surface area contributed by atoms with Crippen LogP contribution in [0.5, 0.6) is 0 Å². The summed E-state index contributed by atoms with van der Waals surface area (Å²) < 4.78 is 2.11. The fourth-order valence-electron chi connectivity index (χ4n) is 1.71. The van der Waals surface area contributed by atoms with Gasteiger partial charge in [-0.15, -0.1) is 0 Å². The van der Waals surface area contributed by atoms with E-state index >= 15 is 0 Å². The highest BCUT2D eigenvalue weighted by Gasteiger charge is 1.99. The monoisotopic (exact) mass is 187 g/mol. The van der Waals surface area contributed by atoms with E-state index in [1.54, 1.807) is 0 Å². The predicted octanol–water partition coefficient (Wildman–Crippen LogP) is 2.54. The van der Waals surface area contributed by atoms with E-state index in [4.69, 9.17) is 0 Å². The Hall–Kier alpha value is -1.57. The molecule has 1 aromatic heterocycles. The Kier molecular flexibility index (Phi) is 2.35. The van der Waals surface area contributed by atoms with Gasteiger partial charge >= 0.3 is 0 Å². The Bertz CT molecular complexity index is 456. The lowest BCUT2D eigenvalue weighted by Gasteiger charge is -2.02. The number of benzene rings is 1. The minimum absolute atomic E-state index is 0.581. The molecule has 2 nitrogen and oxygen atoms in total. The fourth-order valence-corrected chi connectivity index (χ4v) is 1.71. The number of aryl methyl sites for hydroxylation is 2. The number of carbonyl (C=O) groups excluding carboxylic acids is 1. The van der Waals surface area contributed by atoms with Gasteiger partial charge in [0.1, 0.15) is 6.29 Å². The second-order valence-corrected chi connectivity index (χ2v) is 3.53. The van der Waals surface area contributed by atoms with Gasteiger partial charge in [-0.05, 0) is 30.5 Å². The van der Waals surface area contributed by atoms with Crippen LogP contribution in [0.1, 0.15) is 12.0 Å². The number of aldehydes is 1. The first-order valence-electron chi connectivity index (χ1n) is 4.80. The van der Waals surface area contributed by atoms with Crippen molar-refractivity contribution in [3.05, 3.63) is 36.0 Å². The Balaban J connectivity index is 2.42. The molecule has 0 saturated heterocycles. The summed E-state index contributed by atoms with van der Waals surface area (Å²) in [6.07, 6.45) is 3.57. The van der Waals surface area contributed by atoms with E-state index in [-0.39, 0.29) is 0 Å². The third-order valence-electron chi connectivity index (χ3n) is 2.41. The van der Waals surface area contributed by atoms with E-state index in [1.165, 1.54) is 16.5 Å².